The van der Waals surface area contributed by atoms with Gasteiger partial charge in [0.2, 0.25) is 11.8 Å². The van der Waals surface area contributed by atoms with Gasteiger partial charge in [-0.15, -0.1) is 0 Å². The monoisotopic (exact) mass is 386 g/mol. The molecule has 0 spiro atoms. The van der Waals surface area contributed by atoms with E-state index >= 15 is 0 Å². The van der Waals surface area contributed by atoms with Gasteiger partial charge in [-0.05, 0) is 43.0 Å². The zero-order valence-corrected chi connectivity index (χ0v) is 15.1. The van der Waals surface area contributed by atoms with Crippen molar-refractivity contribution in [2.75, 3.05) is 0 Å². The molecule has 1 aliphatic rings. The van der Waals surface area contributed by atoms with Crippen LogP contribution in [-0.2, 0) is 20.9 Å². The van der Waals surface area contributed by atoms with E-state index in [1.54, 1.807) is 18.2 Å². The van der Waals surface area contributed by atoms with E-state index < -0.39 is 11.5 Å². The molecule has 1 aromatic carbocycles. The van der Waals surface area contributed by atoms with E-state index in [0.717, 1.165) is 5.56 Å². The highest BCUT2D eigenvalue weighted by atomic mass is 35.5. The van der Waals surface area contributed by atoms with Gasteiger partial charge >= 0.3 is 5.97 Å². The molecule has 2 rings (SSSR count). The molecular weight excluding hydrogens is 367 g/mol. The van der Waals surface area contributed by atoms with Crippen LogP contribution in [-0.4, -0.2) is 28.4 Å². The van der Waals surface area contributed by atoms with Crippen LogP contribution in [0.5, 0.6) is 0 Å². The normalized spacial score (nSPS) is 19.5. The average molecular weight is 387 g/mol. The number of amides is 2. The second-order valence-corrected chi connectivity index (χ2v) is 7.15. The minimum atomic E-state index is -0.914. The number of carbonyl (C=O) groups excluding carboxylic acids is 2. The molecule has 0 unspecified atom stereocenters. The fourth-order valence-corrected chi connectivity index (χ4v) is 3.55. The maximum Gasteiger partial charge on any atom is 0.303 e. The van der Waals surface area contributed by atoms with Gasteiger partial charge in [0.15, 0.2) is 0 Å². The summed E-state index contributed by atoms with van der Waals surface area (Å²) in [4.78, 5) is 34.5. The molecule has 25 heavy (non-hydrogen) atoms. The van der Waals surface area contributed by atoms with Crippen LogP contribution in [0, 0.1) is 0 Å². The fourth-order valence-electron chi connectivity index (χ4n) is 2.97. The summed E-state index contributed by atoms with van der Waals surface area (Å²) in [7, 11) is 0. The Balaban J connectivity index is 1.86. The first-order valence-corrected chi connectivity index (χ1v) is 8.78. The Hall–Kier alpha value is -1.79. The summed E-state index contributed by atoms with van der Waals surface area (Å²) >= 11 is 11.8. The van der Waals surface area contributed by atoms with E-state index in [1.807, 2.05) is 0 Å². The van der Waals surface area contributed by atoms with Gasteiger partial charge < -0.3 is 15.7 Å². The Morgan fingerprint density at radius 1 is 1.16 bits per heavy atom. The second-order valence-electron chi connectivity index (χ2n) is 6.28. The van der Waals surface area contributed by atoms with Crippen LogP contribution in [0.3, 0.4) is 0 Å². The number of benzene rings is 1. The topological polar surface area (TPSA) is 95.5 Å². The first-order chi connectivity index (χ1) is 11.8. The maximum absolute atomic E-state index is 12.1. The number of nitrogens with one attached hydrogen (secondary N) is 2. The lowest BCUT2D eigenvalue weighted by atomic mass is 9.86. The molecule has 1 atom stereocenters. The number of carboxylic acid groups (broad SMARTS) is 1. The summed E-state index contributed by atoms with van der Waals surface area (Å²) < 4.78 is 0. The highest BCUT2D eigenvalue weighted by Gasteiger charge is 2.37. The molecule has 1 heterocycles. The van der Waals surface area contributed by atoms with E-state index in [0.29, 0.717) is 42.3 Å². The standard InChI is InChI=1S/C17H20Cl2N2O4/c18-12-7-11(8-13(19)9-12)10-20-14(22)1-4-17(6-3-16(24)25)5-2-15(23)21-17/h7-9H,1-6,10H2,(H,20,22)(H,21,23)(H,24,25)/t17-/m1/s1. The lowest BCUT2D eigenvalue weighted by Gasteiger charge is -2.28. The second kappa shape index (κ2) is 8.54. The van der Waals surface area contributed by atoms with E-state index in [1.165, 1.54) is 0 Å². The molecule has 1 aliphatic heterocycles. The lowest BCUT2D eigenvalue weighted by molar-refractivity contribution is -0.137. The zero-order chi connectivity index (χ0) is 18.4. The number of halogens is 2. The molecular formula is C17H20Cl2N2O4. The van der Waals surface area contributed by atoms with E-state index in [2.05, 4.69) is 10.6 Å². The van der Waals surface area contributed by atoms with Crippen molar-refractivity contribution in [2.45, 2.75) is 50.6 Å². The van der Waals surface area contributed by atoms with Crippen molar-refractivity contribution in [3.63, 3.8) is 0 Å². The summed E-state index contributed by atoms with van der Waals surface area (Å²) in [6, 6.07) is 5.06. The summed E-state index contributed by atoms with van der Waals surface area (Å²) in [5.41, 5.74) is 0.187. The molecule has 0 saturated carbocycles. The summed E-state index contributed by atoms with van der Waals surface area (Å²) in [5, 5.41) is 15.5. The van der Waals surface area contributed by atoms with Gasteiger partial charge in [0, 0.05) is 41.4 Å². The smallest absolute Gasteiger partial charge is 0.303 e. The third-order valence-electron chi connectivity index (χ3n) is 4.30. The zero-order valence-electron chi connectivity index (χ0n) is 13.6. The third kappa shape index (κ3) is 6.21. The summed E-state index contributed by atoms with van der Waals surface area (Å²) in [5.74, 6) is -1.19. The van der Waals surface area contributed by atoms with Crippen LogP contribution in [0.25, 0.3) is 0 Å². The number of carbonyl (C=O) groups is 3. The molecule has 136 valence electrons. The van der Waals surface area contributed by atoms with Crippen LogP contribution in [0.4, 0.5) is 0 Å². The van der Waals surface area contributed by atoms with E-state index in [9.17, 15) is 14.4 Å². The molecule has 6 nitrogen and oxygen atoms in total. The van der Waals surface area contributed by atoms with Crippen molar-refractivity contribution in [1.82, 2.24) is 10.6 Å². The largest absolute Gasteiger partial charge is 0.481 e. The highest BCUT2D eigenvalue weighted by molar-refractivity contribution is 6.34. The first kappa shape index (κ1) is 19.5. The van der Waals surface area contributed by atoms with Crippen molar-refractivity contribution >= 4 is 41.0 Å². The highest BCUT2D eigenvalue weighted by Crippen LogP contribution is 2.30. The predicted molar refractivity (Wildman–Crippen MR) is 94.5 cm³/mol. The Bertz CT molecular complexity index is 660. The Morgan fingerprint density at radius 3 is 2.36 bits per heavy atom. The van der Waals surface area contributed by atoms with Gasteiger partial charge in [-0.3, -0.25) is 14.4 Å². The van der Waals surface area contributed by atoms with Crippen LogP contribution < -0.4 is 10.6 Å². The number of rotatable bonds is 8. The molecule has 1 aromatic rings. The average Bonchev–Trinajstić information content (AvgIpc) is 2.90. The maximum atomic E-state index is 12.1. The Kier molecular flexibility index (Phi) is 6.67. The van der Waals surface area contributed by atoms with Crippen molar-refractivity contribution in [3.8, 4) is 0 Å². The van der Waals surface area contributed by atoms with Gasteiger partial charge in [-0.1, -0.05) is 23.2 Å². The van der Waals surface area contributed by atoms with Crippen LogP contribution in [0.1, 0.15) is 44.1 Å². The van der Waals surface area contributed by atoms with Crippen molar-refractivity contribution in [3.05, 3.63) is 33.8 Å². The molecule has 3 N–H and O–H groups in total. The van der Waals surface area contributed by atoms with Crippen LogP contribution >= 0.6 is 23.2 Å². The third-order valence-corrected chi connectivity index (χ3v) is 4.73. The van der Waals surface area contributed by atoms with E-state index in [4.69, 9.17) is 28.3 Å². The molecule has 2 amide bonds. The van der Waals surface area contributed by atoms with Crippen LogP contribution in [0.15, 0.2) is 18.2 Å². The van der Waals surface area contributed by atoms with Gasteiger partial charge in [-0.25, -0.2) is 0 Å². The van der Waals surface area contributed by atoms with Gasteiger partial charge in [0.1, 0.15) is 0 Å². The summed E-state index contributed by atoms with van der Waals surface area (Å²) in [6.07, 6.45) is 1.81. The molecule has 8 heteroatoms. The number of hydrogen-bond acceptors (Lipinski definition) is 3. The molecule has 0 aromatic heterocycles. The molecule has 1 fully saturated rings. The first-order valence-electron chi connectivity index (χ1n) is 8.02. The number of aliphatic carboxylic acids is 1. The minimum Gasteiger partial charge on any atom is -0.481 e. The SMILES string of the molecule is O=C(O)CC[C@@]1(CCC(=O)NCc2cc(Cl)cc(Cl)c2)CCC(=O)N1. The summed E-state index contributed by atoms with van der Waals surface area (Å²) in [6.45, 7) is 0.299. The quantitative estimate of drug-likeness (QED) is 0.639. The minimum absolute atomic E-state index is 0.0388. The predicted octanol–water partition coefficient (Wildman–Crippen LogP) is 2.90. The fraction of sp³-hybridized carbons (Fsp3) is 0.471. The van der Waals surface area contributed by atoms with Gasteiger partial charge in [-0.2, -0.15) is 0 Å². The molecule has 1 saturated heterocycles. The van der Waals surface area contributed by atoms with Gasteiger partial charge in [0.05, 0.1) is 0 Å². The van der Waals surface area contributed by atoms with Crippen molar-refractivity contribution in [1.29, 1.82) is 0 Å². The van der Waals surface area contributed by atoms with E-state index in [-0.39, 0.29) is 24.7 Å². The van der Waals surface area contributed by atoms with Crippen molar-refractivity contribution in [2.24, 2.45) is 0 Å². The van der Waals surface area contributed by atoms with Crippen LogP contribution in [0.2, 0.25) is 10.0 Å². The molecule has 0 radical (unpaired) electrons. The Morgan fingerprint density at radius 2 is 1.80 bits per heavy atom. The molecule has 0 bridgehead atoms. The lowest BCUT2D eigenvalue weighted by Crippen LogP contribution is -2.43. The van der Waals surface area contributed by atoms with Gasteiger partial charge in [0.25, 0.3) is 0 Å². The number of carboxylic acids is 1. The molecule has 0 aliphatic carbocycles. The van der Waals surface area contributed by atoms with Crippen molar-refractivity contribution < 1.29 is 19.5 Å². The number of hydrogen-bond donors (Lipinski definition) is 3. The Labute approximate surface area is 155 Å².